The van der Waals surface area contributed by atoms with E-state index in [4.69, 9.17) is 11.6 Å². The summed E-state index contributed by atoms with van der Waals surface area (Å²) in [5.41, 5.74) is 3.65. The van der Waals surface area contributed by atoms with Gasteiger partial charge < -0.3 is 5.32 Å². The number of fused-ring (bicyclic) bond motifs is 1. The minimum Gasteiger partial charge on any atom is -0.367 e. The van der Waals surface area contributed by atoms with Gasteiger partial charge in [-0.05, 0) is 36.9 Å². The van der Waals surface area contributed by atoms with Crippen molar-refractivity contribution >= 4 is 39.0 Å². The van der Waals surface area contributed by atoms with Crippen LogP contribution in [-0.4, -0.2) is 16.0 Å². The average Bonchev–Trinajstić information content (AvgIpc) is 3.00. The van der Waals surface area contributed by atoms with E-state index in [9.17, 15) is 0 Å². The second kappa shape index (κ2) is 6.69. The number of benzene rings is 1. The van der Waals surface area contributed by atoms with Crippen LogP contribution < -0.4 is 5.32 Å². The maximum Gasteiger partial charge on any atom is 0.225 e. The van der Waals surface area contributed by atoms with E-state index in [2.05, 4.69) is 51.9 Å². The van der Waals surface area contributed by atoms with Crippen LogP contribution in [-0.2, 0) is 0 Å². The van der Waals surface area contributed by atoms with Gasteiger partial charge in [-0.3, -0.25) is 0 Å². The highest BCUT2D eigenvalue weighted by molar-refractivity contribution is 7.17. The molecular weight excluding hydrogens is 338 g/mol. The first-order valence-corrected chi connectivity index (χ1v) is 9.75. The highest BCUT2D eigenvalue weighted by Gasteiger charge is 2.19. The number of hydrogen-bond acceptors (Lipinski definition) is 4. The van der Waals surface area contributed by atoms with E-state index in [0.717, 1.165) is 16.0 Å². The molecule has 2 heterocycles. The first kappa shape index (κ1) is 15.9. The van der Waals surface area contributed by atoms with Gasteiger partial charge >= 0.3 is 0 Å². The Balaban J connectivity index is 1.79. The van der Waals surface area contributed by atoms with E-state index in [1.165, 1.54) is 48.8 Å². The Labute approximate surface area is 151 Å². The van der Waals surface area contributed by atoms with Crippen LogP contribution in [0, 0.1) is 6.92 Å². The predicted octanol–water partition coefficient (Wildman–Crippen LogP) is 6.06. The fourth-order valence-corrected chi connectivity index (χ4v) is 4.57. The van der Waals surface area contributed by atoms with Crippen LogP contribution in [0.3, 0.4) is 0 Å². The van der Waals surface area contributed by atoms with E-state index < -0.39 is 0 Å². The molecule has 3 nitrogen and oxygen atoms in total. The van der Waals surface area contributed by atoms with Crippen LogP contribution in [0.5, 0.6) is 0 Å². The Morgan fingerprint density at radius 1 is 1.08 bits per heavy atom. The molecule has 0 saturated heterocycles. The summed E-state index contributed by atoms with van der Waals surface area (Å²) in [7, 11) is 0. The van der Waals surface area contributed by atoms with Crippen LogP contribution in [0.15, 0.2) is 29.6 Å². The minimum atomic E-state index is 0.318. The van der Waals surface area contributed by atoms with Gasteiger partial charge in [-0.25, -0.2) is 9.97 Å². The smallest absolute Gasteiger partial charge is 0.225 e. The normalized spacial score (nSPS) is 15.8. The van der Waals surface area contributed by atoms with Crippen molar-refractivity contribution in [1.29, 1.82) is 0 Å². The second-order valence-corrected chi connectivity index (χ2v) is 7.71. The number of thiophene rings is 1. The van der Waals surface area contributed by atoms with Gasteiger partial charge in [0.2, 0.25) is 5.28 Å². The van der Waals surface area contributed by atoms with Crippen LogP contribution in [0.2, 0.25) is 5.28 Å². The maximum atomic E-state index is 6.16. The van der Waals surface area contributed by atoms with Gasteiger partial charge in [-0.2, -0.15) is 0 Å². The summed E-state index contributed by atoms with van der Waals surface area (Å²) in [6.07, 6.45) is 6.31. The molecule has 1 aliphatic rings. The van der Waals surface area contributed by atoms with E-state index >= 15 is 0 Å². The summed E-state index contributed by atoms with van der Waals surface area (Å²) >= 11 is 7.79. The van der Waals surface area contributed by atoms with E-state index in [-0.39, 0.29) is 0 Å². The third kappa shape index (κ3) is 3.13. The van der Waals surface area contributed by atoms with Crippen LogP contribution in [0.25, 0.3) is 21.3 Å². The summed E-state index contributed by atoms with van der Waals surface area (Å²) in [5, 5.41) is 7.22. The Hall–Kier alpha value is -1.65. The summed E-state index contributed by atoms with van der Waals surface area (Å²) in [6.45, 7) is 2.11. The summed E-state index contributed by atoms with van der Waals surface area (Å²) in [4.78, 5) is 9.90. The Kier molecular flexibility index (Phi) is 4.42. The van der Waals surface area contributed by atoms with Gasteiger partial charge in [0.1, 0.15) is 10.6 Å². The standard InChI is InChI=1S/C19H20ClN3S/c1-12-7-9-13(10-8-12)15-11-24-18-16(15)17(22-19(20)23-18)21-14-5-3-2-4-6-14/h7-11,14H,2-6H2,1H3,(H,21,22,23). The van der Waals surface area contributed by atoms with Crippen LogP contribution in [0.4, 0.5) is 5.82 Å². The molecule has 1 aliphatic carbocycles. The number of rotatable bonds is 3. The molecule has 1 aromatic carbocycles. The first-order chi connectivity index (χ1) is 11.7. The van der Waals surface area contributed by atoms with Gasteiger partial charge in [0.25, 0.3) is 0 Å². The number of aromatic nitrogens is 2. The Morgan fingerprint density at radius 2 is 1.83 bits per heavy atom. The van der Waals surface area contributed by atoms with Gasteiger partial charge in [0.05, 0.1) is 5.39 Å². The lowest BCUT2D eigenvalue weighted by Gasteiger charge is -2.23. The maximum absolute atomic E-state index is 6.16. The van der Waals surface area contributed by atoms with Gasteiger partial charge in [-0.1, -0.05) is 49.1 Å². The third-order valence-electron chi connectivity index (χ3n) is 4.71. The molecule has 0 spiro atoms. The molecule has 4 rings (SSSR count). The molecule has 1 saturated carbocycles. The summed E-state index contributed by atoms with van der Waals surface area (Å²) in [5.74, 6) is 0.883. The molecule has 0 radical (unpaired) electrons. The molecule has 24 heavy (non-hydrogen) atoms. The van der Waals surface area contributed by atoms with Crippen molar-refractivity contribution in [2.75, 3.05) is 5.32 Å². The van der Waals surface area contributed by atoms with Crippen molar-refractivity contribution in [3.63, 3.8) is 0 Å². The van der Waals surface area contributed by atoms with E-state index in [1.807, 2.05) is 0 Å². The molecule has 5 heteroatoms. The van der Waals surface area contributed by atoms with Crippen molar-refractivity contribution in [1.82, 2.24) is 9.97 Å². The van der Waals surface area contributed by atoms with Crippen molar-refractivity contribution in [3.05, 3.63) is 40.5 Å². The molecule has 0 aliphatic heterocycles. The zero-order valence-corrected chi connectivity index (χ0v) is 15.3. The van der Waals surface area contributed by atoms with E-state index in [1.54, 1.807) is 11.3 Å². The summed E-state index contributed by atoms with van der Waals surface area (Å²) in [6, 6.07) is 9.10. The van der Waals surface area contributed by atoms with Gasteiger partial charge in [-0.15, -0.1) is 11.3 Å². The lowest BCUT2D eigenvalue weighted by atomic mass is 9.95. The first-order valence-electron chi connectivity index (χ1n) is 8.49. The fourth-order valence-electron chi connectivity index (χ4n) is 3.41. The number of nitrogens with one attached hydrogen (secondary N) is 1. The second-order valence-electron chi connectivity index (χ2n) is 6.52. The van der Waals surface area contributed by atoms with Crippen molar-refractivity contribution in [3.8, 4) is 11.1 Å². The molecule has 1 N–H and O–H groups in total. The topological polar surface area (TPSA) is 37.8 Å². The molecule has 1 fully saturated rings. The average molecular weight is 358 g/mol. The summed E-state index contributed by atoms with van der Waals surface area (Å²) < 4.78 is 0. The van der Waals surface area contributed by atoms with Gasteiger partial charge in [0, 0.05) is 17.0 Å². The third-order valence-corrected chi connectivity index (χ3v) is 5.76. The van der Waals surface area contributed by atoms with Crippen molar-refractivity contribution in [2.24, 2.45) is 0 Å². The molecular formula is C19H20ClN3S. The predicted molar refractivity (Wildman–Crippen MR) is 103 cm³/mol. The van der Waals surface area contributed by atoms with Crippen LogP contribution in [0.1, 0.15) is 37.7 Å². The quantitative estimate of drug-likeness (QED) is 0.578. The molecule has 0 bridgehead atoms. The molecule has 2 aromatic heterocycles. The monoisotopic (exact) mass is 357 g/mol. The molecule has 0 amide bonds. The molecule has 3 aromatic rings. The van der Waals surface area contributed by atoms with E-state index in [0.29, 0.717) is 11.3 Å². The zero-order chi connectivity index (χ0) is 16.5. The lowest BCUT2D eigenvalue weighted by molar-refractivity contribution is 0.462. The number of hydrogen-bond donors (Lipinski definition) is 1. The molecule has 0 atom stereocenters. The minimum absolute atomic E-state index is 0.318. The number of anilines is 1. The molecule has 124 valence electrons. The van der Waals surface area contributed by atoms with Gasteiger partial charge in [0.15, 0.2) is 0 Å². The number of nitrogens with zero attached hydrogens (tertiary/aromatic N) is 2. The van der Waals surface area contributed by atoms with Crippen LogP contribution >= 0.6 is 22.9 Å². The highest BCUT2D eigenvalue weighted by atomic mass is 35.5. The fraction of sp³-hybridized carbons (Fsp3) is 0.368. The number of aryl methyl sites for hydroxylation is 1. The molecule has 0 unspecified atom stereocenters. The zero-order valence-electron chi connectivity index (χ0n) is 13.7. The van der Waals surface area contributed by atoms with Crippen molar-refractivity contribution < 1.29 is 0 Å². The lowest BCUT2D eigenvalue weighted by Crippen LogP contribution is -2.23. The Bertz CT molecular complexity index is 851. The number of halogens is 1. The largest absolute Gasteiger partial charge is 0.367 e. The highest BCUT2D eigenvalue weighted by Crippen LogP contribution is 2.38. The SMILES string of the molecule is Cc1ccc(-c2csc3nc(Cl)nc(NC4CCCCC4)c23)cc1. The Morgan fingerprint density at radius 3 is 2.58 bits per heavy atom. The van der Waals surface area contributed by atoms with Crippen molar-refractivity contribution in [2.45, 2.75) is 45.1 Å².